The maximum Gasteiger partial charge on any atom is 0.416 e. The Hall–Kier alpha value is -2.24. The van der Waals surface area contributed by atoms with Crippen molar-refractivity contribution >= 4 is 6.29 Å². The highest BCUT2D eigenvalue weighted by atomic mass is 19.4. The van der Waals surface area contributed by atoms with E-state index in [1.54, 1.807) is 6.07 Å². The van der Waals surface area contributed by atoms with E-state index in [0.29, 0.717) is 12.0 Å². The van der Waals surface area contributed by atoms with Gasteiger partial charge in [-0.05, 0) is 36.4 Å². The molecule has 0 unspecified atom stereocenters. The van der Waals surface area contributed by atoms with Crippen molar-refractivity contribution in [3.63, 3.8) is 0 Å². The highest BCUT2D eigenvalue weighted by molar-refractivity contribution is 5.70. The molecule has 0 bridgehead atoms. The zero-order valence-corrected chi connectivity index (χ0v) is 9.61. The Kier molecular flexibility index (Phi) is 3.59. The Morgan fingerprint density at radius 3 is 2.32 bits per heavy atom. The van der Waals surface area contributed by atoms with Crippen LogP contribution in [0.3, 0.4) is 0 Å². The summed E-state index contributed by atoms with van der Waals surface area (Å²) in [7, 11) is 0. The molecule has 0 radical (unpaired) electrons. The molecular formula is C13H9F3O3. The van der Waals surface area contributed by atoms with Crippen molar-refractivity contribution in [2.24, 2.45) is 0 Å². The summed E-state index contributed by atoms with van der Waals surface area (Å²) < 4.78 is 47.3. The minimum atomic E-state index is -4.36. The fourth-order valence-corrected chi connectivity index (χ4v) is 1.43. The van der Waals surface area contributed by atoms with Gasteiger partial charge in [0.1, 0.15) is 18.1 Å². The molecule has 1 aromatic carbocycles. The van der Waals surface area contributed by atoms with Gasteiger partial charge in [-0.1, -0.05) is 0 Å². The number of halogens is 3. The molecule has 0 N–H and O–H groups in total. The lowest BCUT2D eigenvalue weighted by molar-refractivity contribution is -0.137. The molecule has 0 fully saturated rings. The maximum atomic E-state index is 12.3. The van der Waals surface area contributed by atoms with Gasteiger partial charge < -0.3 is 9.15 Å². The maximum absolute atomic E-state index is 12.3. The standard InChI is InChI=1S/C13H9F3O3/c14-13(15,16)9-1-3-10(4-2-9)18-8-12-6-5-11(7-17)19-12/h1-7H,8H2. The minimum absolute atomic E-state index is 0.0409. The molecule has 0 aliphatic rings. The van der Waals surface area contributed by atoms with E-state index in [4.69, 9.17) is 9.15 Å². The third kappa shape index (κ3) is 3.37. The van der Waals surface area contributed by atoms with Crippen LogP contribution < -0.4 is 4.74 Å². The summed E-state index contributed by atoms with van der Waals surface area (Å²) in [6.45, 7) is 0.0409. The number of benzene rings is 1. The molecule has 0 aliphatic carbocycles. The van der Waals surface area contributed by atoms with E-state index in [0.717, 1.165) is 12.1 Å². The molecule has 1 aromatic heterocycles. The minimum Gasteiger partial charge on any atom is -0.486 e. The van der Waals surface area contributed by atoms with Crippen molar-refractivity contribution in [2.45, 2.75) is 12.8 Å². The Bertz CT molecular complexity index is 555. The molecular weight excluding hydrogens is 261 g/mol. The van der Waals surface area contributed by atoms with Crippen LogP contribution in [0.15, 0.2) is 40.8 Å². The zero-order valence-electron chi connectivity index (χ0n) is 9.61. The van der Waals surface area contributed by atoms with E-state index in [2.05, 4.69) is 0 Å². The van der Waals surface area contributed by atoms with Crippen LogP contribution in [0.2, 0.25) is 0 Å². The van der Waals surface area contributed by atoms with Gasteiger partial charge >= 0.3 is 6.18 Å². The Morgan fingerprint density at radius 1 is 1.11 bits per heavy atom. The smallest absolute Gasteiger partial charge is 0.416 e. The quantitative estimate of drug-likeness (QED) is 0.795. The molecule has 2 rings (SSSR count). The predicted molar refractivity (Wildman–Crippen MR) is 59.9 cm³/mol. The Balaban J connectivity index is 1.98. The normalized spacial score (nSPS) is 11.3. The van der Waals surface area contributed by atoms with Crippen molar-refractivity contribution in [1.82, 2.24) is 0 Å². The molecule has 0 saturated heterocycles. The van der Waals surface area contributed by atoms with Gasteiger partial charge in [0.2, 0.25) is 0 Å². The first-order valence-electron chi connectivity index (χ1n) is 5.33. The summed E-state index contributed by atoms with van der Waals surface area (Å²) >= 11 is 0. The summed E-state index contributed by atoms with van der Waals surface area (Å²) in [4.78, 5) is 10.4. The molecule has 0 atom stereocenters. The summed E-state index contributed by atoms with van der Waals surface area (Å²) in [5.41, 5.74) is -0.735. The number of carbonyl (C=O) groups excluding carboxylic acids is 1. The van der Waals surface area contributed by atoms with Gasteiger partial charge in [-0.2, -0.15) is 13.2 Å². The molecule has 0 saturated carbocycles. The first-order valence-corrected chi connectivity index (χ1v) is 5.33. The summed E-state index contributed by atoms with van der Waals surface area (Å²) in [5.74, 6) is 0.880. The van der Waals surface area contributed by atoms with Gasteiger partial charge in [0, 0.05) is 0 Å². The molecule has 6 heteroatoms. The summed E-state index contributed by atoms with van der Waals surface area (Å²) in [6.07, 6.45) is -3.81. The lowest BCUT2D eigenvalue weighted by Gasteiger charge is -2.08. The molecule has 2 aromatic rings. The molecule has 0 amide bonds. The second-order valence-electron chi connectivity index (χ2n) is 3.73. The molecule has 19 heavy (non-hydrogen) atoms. The van der Waals surface area contributed by atoms with Crippen molar-refractivity contribution in [2.75, 3.05) is 0 Å². The first-order chi connectivity index (χ1) is 8.99. The number of hydrogen-bond acceptors (Lipinski definition) is 3. The molecule has 0 aliphatic heterocycles. The molecule has 3 nitrogen and oxygen atoms in total. The first kappa shape index (κ1) is 13.2. The van der Waals surface area contributed by atoms with Crippen LogP contribution in [0.4, 0.5) is 13.2 Å². The van der Waals surface area contributed by atoms with E-state index in [-0.39, 0.29) is 18.1 Å². The second-order valence-corrected chi connectivity index (χ2v) is 3.73. The average molecular weight is 270 g/mol. The number of aldehydes is 1. The van der Waals surface area contributed by atoms with E-state index in [9.17, 15) is 18.0 Å². The van der Waals surface area contributed by atoms with Crippen LogP contribution in [-0.4, -0.2) is 6.29 Å². The lowest BCUT2D eigenvalue weighted by Crippen LogP contribution is -2.04. The largest absolute Gasteiger partial charge is 0.486 e. The number of carbonyl (C=O) groups is 1. The van der Waals surface area contributed by atoms with E-state index >= 15 is 0 Å². The van der Waals surface area contributed by atoms with Crippen LogP contribution in [0.1, 0.15) is 21.9 Å². The van der Waals surface area contributed by atoms with Crippen LogP contribution >= 0.6 is 0 Å². The predicted octanol–water partition coefficient (Wildman–Crippen LogP) is 3.69. The fraction of sp³-hybridized carbons (Fsp3) is 0.154. The van der Waals surface area contributed by atoms with Gasteiger partial charge in [0.05, 0.1) is 5.56 Å². The molecule has 1 heterocycles. The fourth-order valence-electron chi connectivity index (χ4n) is 1.43. The highest BCUT2D eigenvalue weighted by Crippen LogP contribution is 2.30. The van der Waals surface area contributed by atoms with Gasteiger partial charge in [0.25, 0.3) is 0 Å². The van der Waals surface area contributed by atoms with Crippen LogP contribution in [-0.2, 0) is 12.8 Å². The number of hydrogen-bond donors (Lipinski definition) is 0. The van der Waals surface area contributed by atoms with Crippen molar-refractivity contribution in [1.29, 1.82) is 0 Å². The SMILES string of the molecule is O=Cc1ccc(COc2ccc(C(F)(F)F)cc2)o1. The van der Waals surface area contributed by atoms with Crippen LogP contribution in [0.25, 0.3) is 0 Å². The summed E-state index contributed by atoms with van der Waals surface area (Å²) in [6, 6.07) is 7.38. The third-order valence-corrected chi connectivity index (χ3v) is 2.36. The van der Waals surface area contributed by atoms with Crippen molar-refractivity contribution in [3.05, 3.63) is 53.5 Å². The lowest BCUT2D eigenvalue weighted by atomic mass is 10.2. The van der Waals surface area contributed by atoms with E-state index in [1.807, 2.05) is 0 Å². The summed E-state index contributed by atoms with van der Waals surface area (Å²) in [5, 5.41) is 0. The highest BCUT2D eigenvalue weighted by Gasteiger charge is 2.29. The average Bonchev–Trinajstić information content (AvgIpc) is 2.84. The number of alkyl halides is 3. The van der Waals surface area contributed by atoms with Gasteiger partial charge in [0.15, 0.2) is 12.0 Å². The Morgan fingerprint density at radius 2 is 1.79 bits per heavy atom. The molecule has 100 valence electrons. The van der Waals surface area contributed by atoms with Crippen LogP contribution in [0.5, 0.6) is 5.75 Å². The van der Waals surface area contributed by atoms with Gasteiger partial charge in [-0.3, -0.25) is 4.79 Å². The number of ether oxygens (including phenoxy) is 1. The monoisotopic (exact) mass is 270 g/mol. The van der Waals surface area contributed by atoms with Crippen LogP contribution in [0, 0.1) is 0 Å². The third-order valence-electron chi connectivity index (χ3n) is 2.36. The number of furan rings is 1. The van der Waals surface area contributed by atoms with E-state index in [1.165, 1.54) is 18.2 Å². The topological polar surface area (TPSA) is 39.4 Å². The van der Waals surface area contributed by atoms with Crippen molar-refractivity contribution in [3.8, 4) is 5.75 Å². The molecule has 0 spiro atoms. The van der Waals surface area contributed by atoms with Crippen molar-refractivity contribution < 1.29 is 27.1 Å². The van der Waals surface area contributed by atoms with Gasteiger partial charge in [-0.15, -0.1) is 0 Å². The zero-order chi connectivity index (χ0) is 13.9. The Labute approximate surface area is 106 Å². The van der Waals surface area contributed by atoms with Gasteiger partial charge in [-0.25, -0.2) is 0 Å². The van der Waals surface area contributed by atoms with E-state index < -0.39 is 11.7 Å². The second kappa shape index (κ2) is 5.17. The number of rotatable bonds is 4.